The first-order valence-corrected chi connectivity index (χ1v) is 25.5. The Hall–Kier alpha value is -7.73. The van der Waals surface area contributed by atoms with Crippen molar-refractivity contribution < 1.29 is 14.2 Å². The number of carbonyl (C=O) groups is 2. The predicted octanol–water partition coefficient (Wildman–Crippen LogP) is 11.5. The summed E-state index contributed by atoms with van der Waals surface area (Å²) in [5.41, 5.74) is 32.3. The first kappa shape index (κ1) is 50.7. The van der Waals surface area contributed by atoms with E-state index in [-0.39, 0.29) is 17.9 Å². The number of carbonyl (C=O) groups excluding carboxylic acids is 2. The molecule has 0 radical (unpaired) electrons. The molecule has 12 heteroatoms. The number of unbranched alkanes of at least 4 members (excludes halogenated alkanes) is 6. The normalized spacial score (nSPS) is 13.9. The van der Waals surface area contributed by atoms with Crippen LogP contribution in [0.5, 0.6) is 0 Å². The number of aromatic nitrogens is 2. The molecule has 0 spiro atoms. The Labute approximate surface area is 425 Å². The molecule has 2 aliphatic rings. The van der Waals surface area contributed by atoms with Crippen molar-refractivity contribution in [1.82, 2.24) is 20.9 Å². The summed E-state index contributed by atoms with van der Waals surface area (Å²) in [7, 11) is 0. The number of rotatable bonds is 21. The van der Waals surface area contributed by atoms with E-state index in [9.17, 15) is 9.59 Å². The average Bonchev–Trinajstić information content (AvgIpc) is 3.35. The quantitative estimate of drug-likeness (QED) is 0.0179. The second-order valence-electron chi connectivity index (χ2n) is 19.6. The highest BCUT2D eigenvalue weighted by Crippen LogP contribution is 2.41. The van der Waals surface area contributed by atoms with Crippen LogP contribution in [0.15, 0.2) is 132 Å². The summed E-state index contributed by atoms with van der Waals surface area (Å²) in [6.45, 7) is 23.8. The van der Waals surface area contributed by atoms with E-state index in [2.05, 4.69) is 88.1 Å². The maximum Gasteiger partial charge on any atom is 0.251 e. The van der Waals surface area contributed by atoms with Crippen LogP contribution in [0, 0.1) is 20.8 Å². The fraction of sp³-hybridized carbons (Fsp3) is 0.317. The smallest absolute Gasteiger partial charge is 0.251 e. The summed E-state index contributed by atoms with van der Waals surface area (Å²) in [6, 6.07) is 27.6. The number of hydrogen-bond acceptors (Lipinski definition) is 9. The number of nitrogens with two attached hydrogens (primary N) is 2. The predicted molar refractivity (Wildman–Crippen MR) is 300 cm³/mol. The van der Waals surface area contributed by atoms with Gasteiger partial charge in [0.2, 0.25) is 11.0 Å². The van der Waals surface area contributed by atoms with E-state index in [0.717, 1.165) is 171 Å². The molecule has 2 heterocycles. The van der Waals surface area contributed by atoms with E-state index in [1.54, 1.807) is 0 Å². The van der Waals surface area contributed by atoms with Gasteiger partial charge in [-0.05, 0) is 161 Å². The van der Waals surface area contributed by atoms with Crippen LogP contribution in [0.2, 0.25) is 0 Å². The number of aryl methyl sites for hydroxylation is 3. The first-order chi connectivity index (χ1) is 34.7. The van der Waals surface area contributed by atoms with Gasteiger partial charge in [-0.1, -0.05) is 56.5 Å². The number of aliphatic imine (C=N–C) groups is 1. The summed E-state index contributed by atoms with van der Waals surface area (Å²) in [5, 5.41) is 13.4. The molecule has 2 amide bonds. The topological polar surface area (TPSA) is 167 Å². The minimum atomic E-state index is -0.0756. The summed E-state index contributed by atoms with van der Waals surface area (Å²) >= 11 is 0. The molecule has 1 aliphatic carbocycles. The van der Waals surface area contributed by atoms with Crippen LogP contribution in [-0.4, -0.2) is 54.7 Å². The van der Waals surface area contributed by atoms with Gasteiger partial charge >= 0.3 is 0 Å². The number of nitrogens with one attached hydrogen (secondary N) is 4. The van der Waals surface area contributed by atoms with Gasteiger partial charge in [-0.3, -0.25) is 9.59 Å². The van der Waals surface area contributed by atoms with Crippen LogP contribution in [0.4, 0.5) is 28.4 Å². The average molecular weight is 964 g/mol. The number of nitrogens with zero attached hydrogens (tertiary/aromatic N) is 4. The zero-order valence-electron chi connectivity index (χ0n) is 43.0. The van der Waals surface area contributed by atoms with E-state index in [1.807, 2.05) is 94.4 Å². The fourth-order valence-electron chi connectivity index (χ4n) is 9.64. The molecule has 0 saturated carbocycles. The third-order valence-electron chi connectivity index (χ3n) is 13.8. The third kappa shape index (κ3) is 11.5. The molecule has 8 rings (SSSR count). The van der Waals surface area contributed by atoms with Crippen molar-refractivity contribution >= 4 is 73.7 Å². The Bertz CT molecular complexity index is 3150. The van der Waals surface area contributed by atoms with Gasteiger partial charge in [0.05, 0.1) is 23.1 Å². The van der Waals surface area contributed by atoms with Crippen LogP contribution >= 0.6 is 0 Å². The SMILES string of the molecule is C=C(C)N1c2cc(N)c(C)cc2N=C2C=C(C)C(NCCCCCCNC(=O)c3ccc(-c4ccc(C(=O)NCCCCCCNc5cc6c(cc5C)nc5cc(C)c(N)cc5[n+]6C(=C)C)cc4)cc3)=CC21. The first-order valence-electron chi connectivity index (χ1n) is 25.5. The lowest BCUT2D eigenvalue weighted by molar-refractivity contribution is -0.522. The molecule has 1 aliphatic heterocycles. The van der Waals surface area contributed by atoms with Gasteiger partial charge in [0.15, 0.2) is 5.70 Å². The zero-order valence-corrected chi connectivity index (χ0v) is 43.0. The lowest BCUT2D eigenvalue weighted by Crippen LogP contribution is -2.42. The molecule has 1 atom stereocenters. The second kappa shape index (κ2) is 22.6. The number of nitrogen functional groups attached to an aromatic ring is 2. The van der Waals surface area contributed by atoms with Crippen LogP contribution in [0.1, 0.15) is 110 Å². The van der Waals surface area contributed by atoms with Crippen molar-refractivity contribution in [3.05, 3.63) is 155 Å². The Balaban J connectivity index is 0.699. The Morgan fingerprint density at radius 3 is 1.72 bits per heavy atom. The fourth-order valence-corrected chi connectivity index (χ4v) is 9.64. The number of hydrogen-bond donors (Lipinski definition) is 6. The van der Waals surface area contributed by atoms with Crippen molar-refractivity contribution in [3.63, 3.8) is 0 Å². The second-order valence-corrected chi connectivity index (χ2v) is 19.6. The molecule has 5 aromatic carbocycles. The molecule has 1 unspecified atom stereocenters. The molecular weight excluding hydrogens is 893 g/mol. The summed E-state index contributed by atoms with van der Waals surface area (Å²) in [6.07, 6.45) is 12.5. The number of amides is 2. The molecule has 8 N–H and O–H groups in total. The van der Waals surface area contributed by atoms with Crippen LogP contribution in [0.3, 0.4) is 0 Å². The van der Waals surface area contributed by atoms with Gasteiger partial charge in [-0.15, -0.1) is 0 Å². The Kier molecular flexibility index (Phi) is 15.9. The van der Waals surface area contributed by atoms with Crippen molar-refractivity contribution in [2.75, 3.05) is 47.9 Å². The molecule has 12 nitrogen and oxygen atoms in total. The summed E-state index contributed by atoms with van der Waals surface area (Å²) in [5.74, 6) is -0.150. The molecule has 6 aromatic rings. The van der Waals surface area contributed by atoms with E-state index < -0.39 is 0 Å². The maximum absolute atomic E-state index is 13.0. The molecule has 0 bridgehead atoms. The minimum Gasteiger partial charge on any atom is -0.398 e. The van der Waals surface area contributed by atoms with Gasteiger partial charge in [0, 0.05) is 84.8 Å². The van der Waals surface area contributed by atoms with E-state index in [4.69, 9.17) is 21.4 Å². The van der Waals surface area contributed by atoms with Crippen molar-refractivity contribution in [2.24, 2.45) is 4.99 Å². The molecule has 372 valence electrons. The standard InChI is InChI=1S/C60H70N10O2/c1-37(2)69-55-33-47(61)39(5)29-51(55)67-53-31-41(7)49(35-57(53)69)63-25-13-9-11-15-27-65-59(71)45-21-17-43(18-22-45)44-19-23-46(24-20-44)60(72)66-28-16-12-10-14-26-64-50-36-58-54(32-42(50)8)68-52-30-40(6)48(62)34-56(52)70(58)38(3)4/h17-24,29-36,57,63H,1,3,9-16,25-28,61H2,2,4-8H3,(H4,62,64,65,66,71,72)/p+1. The van der Waals surface area contributed by atoms with Gasteiger partial charge < -0.3 is 37.6 Å². The van der Waals surface area contributed by atoms with Gasteiger partial charge in [-0.25, -0.2) is 9.98 Å². The van der Waals surface area contributed by atoms with Gasteiger partial charge in [-0.2, -0.15) is 4.57 Å². The van der Waals surface area contributed by atoms with Crippen molar-refractivity contribution in [2.45, 2.75) is 99.0 Å². The van der Waals surface area contributed by atoms with E-state index in [0.29, 0.717) is 24.2 Å². The molecule has 0 saturated heterocycles. The highest BCUT2D eigenvalue weighted by atomic mass is 16.2. The minimum absolute atomic E-state index is 0.0416. The zero-order chi connectivity index (χ0) is 51.1. The highest BCUT2D eigenvalue weighted by molar-refractivity contribution is 6.10. The van der Waals surface area contributed by atoms with Crippen molar-refractivity contribution in [3.8, 4) is 11.1 Å². The number of allylic oxidation sites excluding steroid dienone is 3. The largest absolute Gasteiger partial charge is 0.398 e. The summed E-state index contributed by atoms with van der Waals surface area (Å²) < 4.78 is 2.14. The summed E-state index contributed by atoms with van der Waals surface area (Å²) in [4.78, 5) is 38.1. The van der Waals surface area contributed by atoms with Crippen LogP contribution in [-0.2, 0) is 0 Å². The Morgan fingerprint density at radius 1 is 0.639 bits per heavy atom. The molecule has 1 aromatic heterocycles. The lowest BCUT2D eigenvalue weighted by atomic mass is 9.93. The number of anilines is 4. The Morgan fingerprint density at radius 2 is 1.15 bits per heavy atom. The number of fused-ring (bicyclic) bond motifs is 4. The maximum atomic E-state index is 13.0. The molecule has 72 heavy (non-hydrogen) atoms. The monoisotopic (exact) mass is 964 g/mol. The van der Waals surface area contributed by atoms with Crippen LogP contribution in [0.25, 0.3) is 38.9 Å². The van der Waals surface area contributed by atoms with E-state index in [1.165, 1.54) is 0 Å². The van der Waals surface area contributed by atoms with Gasteiger partial charge in [0.25, 0.3) is 11.8 Å². The highest BCUT2D eigenvalue weighted by Gasteiger charge is 2.32. The third-order valence-corrected chi connectivity index (χ3v) is 13.8. The molecular formula is C60H71N10O2+. The van der Waals surface area contributed by atoms with E-state index >= 15 is 0 Å². The van der Waals surface area contributed by atoms with Crippen molar-refractivity contribution in [1.29, 1.82) is 0 Å². The van der Waals surface area contributed by atoms with Gasteiger partial charge in [0.1, 0.15) is 11.0 Å². The molecule has 0 fully saturated rings. The lowest BCUT2D eigenvalue weighted by Gasteiger charge is -2.39. The number of benzene rings is 5. The van der Waals surface area contributed by atoms with Crippen LogP contribution < -0.4 is 42.2 Å².